The lowest BCUT2D eigenvalue weighted by Gasteiger charge is -2.38. The van der Waals surface area contributed by atoms with Gasteiger partial charge in [-0.05, 0) is 84.9 Å². The zero-order valence-electron chi connectivity index (χ0n) is 26.5. The second kappa shape index (κ2) is 15.2. The van der Waals surface area contributed by atoms with Crippen molar-refractivity contribution in [2.24, 2.45) is 0 Å². The first-order valence-corrected chi connectivity index (χ1v) is 17.5. The van der Waals surface area contributed by atoms with E-state index < -0.39 is 5.41 Å². The van der Waals surface area contributed by atoms with Crippen molar-refractivity contribution in [1.82, 2.24) is 0 Å². The van der Waals surface area contributed by atoms with Crippen molar-refractivity contribution in [2.45, 2.75) is 140 Å². The maximum Gasteiger partial charge on any atom is 0.120 e. The Kier molecular flexibility index (Phi) is 11.1. The van der Waals surface area contributed by atoms with Crippen LogP contribution in [0.25, 0.3) is 0 Å². The number of unbranched alkanes of at least 4 members (excludes halogenated alkanes) is 6. The van der Waals surface area contributed by atoms with E-state index in [1.54, 1.807) is 12.1 Å². The van der Waals surface area contributed by atoms with Crippen LogP contribution < -0.4 is 0 Å². The molecule has 0 heterocycles. The van der Waals surface area contributed by atoms with E-state index in [1.165, 1.54) is 107 Å². The molecule has 3 nitrogen and oxygen atoms in total. The summed E-state index contributed by atoms with van der Waals surface area (Å²) in [6.07, 6.45) is 21.6. The van der Waals surface area contributed by atoms with Gasteiger partial charge in [-0.3, -0.25) is 0 Å². The molecule has 3 N–H and O–H groups in total. The topological polar surface area (TPSA) is 60.7 Å². The molecule has 0 atom stereocenters. The molecule has 5 rings (SSSR count). The van der Waals surface area contributed by atoms with Crippen LogP contribution in [0.1, 0.15) is 162 Å². The van der Waals surface area contributed by atoms with Crippen LogP contribution >= 0.6 is 0 Å². The standard InChI is InChI=1S/C40H54O3/c1-2-3-4-5-6-7-14-27-40(34-21-23-35(41)24-22-34,36-28-32(19-25-38(36)42)30-15-10-8-11-16-30)37-29-33(20-26-39(37)43)31-17-12-9-13-18-31/h19-26,28-31,41-43H,2-18,27H2,1H3. The van der Waals surface area contributed by atoms with Crippen LogP contribution in [0.4, 0.5) is 0 Å². The van der Waals surface area contributed by atoms with E-state index in [0.717, 1.165) is 36.0 Å². The van der Waals surface area contributed by atoms with Crippen LogP contribution in [0.5, 0.6) is 17.2 Å². The van der Waals surface area contributed by atoms with Crippen molar-refractivity contribution in [3.05, 3.63) is 88.5 Å². The van der Waals surface area contributed by atoms with Gasteiger partial charge in [0.2, 0.25) is 0 Å². The Bertz CT molecular complexity index is 1210. The first-order chi connectivity index (χ1) is 21.0. The molecular formula is C40H54O3. The summed E-state index contributed by atoms with van der Waals surface area (Å²) < 4.78 is 0. The maximum atomic E-state index is 11.7. The Hall–Kier alpha value is -2.94. The predicted molar refractivity (Wildman–Crippen MR) is 178 cm³/mol. The molecular weight excluding hydrogens is 528 g/mol. The number of rotatable bonds is 13. The first-order valence-electron chi connectivity index (χ1n) is 17.5. The third kappa shape index (κ3) is 7.41. The molecule has 2 aliphatic rings. The summed E-state index contributed by atoms with van der Waals surface area (Å²) in [5.74, 6) is 1.82. The number of benzene rings is 3. The Morgan fingerprint density at radius 3 is 1.51 bits per heavy atom. The molecule has 3 aromatic rings. The molecule has 0 bridgehead atoms. The molecule has 0 aliphatic heterocycles. The minimum absolute atomic E-state index is 0.230. The molecule has 0 unspecified atom stereocenters. The Labute approximate surface area is 260 Å². The second-order valence-corrected chi connectivity index (χ2v) is 13.5. The van der Waals surface area contributed by atoms with E-state index in [1.807, 2.05) is 24.3 Å². The van der Waals surface area contributed by atoms with Gasteiger partial charge in [-0.15, -0.1) is 0 Å². The smallest absolute Gasteiger partial charge is 0.120 e. The summed E-state index contributed by atoms with van der Waals surface area (Å²) in [6.45, 7) is 2.26. The van der Waals surface area contributed by atoms with Crippen molar-refractivity contribution >= 4 is 0 Å². The van der Waals surface area contributed by atoms with Crippen LogP contribution in [0.3, 0.4) is 0 Å². The highest BCUT2D eigenvalue weighted by molar-refractivity contribution is 5.60. The third-order valence-electron chi connectivity index (χ3n) is 10.6. The lowest BCUT2D eigenvalue weighted by molar-refractivity contribution is 0.410. The van der Waals surface area contributed by atoms with E-state index in [0.29, 0.717) is 11.8 Å². The average molecular weight is 583 g/mol. The molecule has 2 saturated carbocycles. The van der Waals surface area contributed by atoms with E-state index in [-0.39, 0.29) is 17.2 Å². The molecule has 0 aromatic heterocycles. The minimum atomic E-state index is -0.735. The van der Waals surface area contributed by atoms with Gasteiger partial charge in [0.25, 0.3) is 0 Å². The fraction of sp³-hybridized carbons (Fsp3) is 0.550. The quantitative estimate of drug-likeness (QED) is 0.139. The van der Waals surface area contributed by atoms with Crippen LogP contribution in [0.2, 0.25) is 0 Å². The van der Waals surface area contributed by atoms with Gasteiger partial charge in [0.1, 0.15) is 17.2 Å². The molecule has 3 aromatic carbocycles. The Balaban J connectivity index is 1.65. The van der Waals surface area contributed by atoms with Gasteiger partial charge in [0, 0.05) is 11.1 Å². The SMILES string of the molecule is CCCCCCCCCC(c1ccc(O)cc1)(c1cc(C2CCCCC2)ccc1O)c1cc(C2CCCCC2)ccc1O. The molecule has 0 spiro atoms. The molecule has 43 heavy (non-hydrogen) atoms. The number of hydrogen-bond donors (Lipinski definition) is 3. The molecule has 232 valence electrons. The van der Waals surface area contributed by atoms with Gasteiger partial charge < -0.3 is 15.3 Å². The van der Waals surface area contributed by atoms with Gasteiger partial charge in [-0.2, -0.15) is 0 Å². The molecule has 2 fully saturated rings. The highest BCUT2D eigenvalue weighted by atomic mass is 16.3. The summed E-state index contributed by atoms with van der Waals surface area (Å²) >= 11 is 0. The molecule has 0 amide bonds. The number of aromatic hydroxyl groups is 3. The summed E-state index contributed by atoms with van der Waals surface area (Å²) in [6, 6.07) is 20.1. The summed E-state index contributed by atoms with van der Waals surface area (Å²) in [7, 11) is 0. The summed E-state index contributed by atoms with van der Waals surface area (Å²) in [5.41, 5.74) is 4.67. The predicted octanol–water partition coefficient (Wildman–Crippen LogP) is 11.4. The average Bonchev–Trinajstić information content (AvgIpc) is 3.05. The van der Waals surface area contributed by atoms with Crippen molar-refractivity contribution in [3.63, 3.8) is 0 Å². The Morgan fingerprint density at radius 2 is 1.02 bits per heavy atom. The lowest BCUT2D eigenvalue weighted by atomic mass is 9.64. The fourth-order valence-electron chi connectivity index (χ4n) is 8.13. The highest BCUT2D eigenvalue weighted by Crippen LogP contribution is 2.52. The number of hydrogen-bond acceptors (Lipinski definition) is 3. The molecule has 3 heteroatoms. The van der Waals surface area contributed by atoms with E-state index in [2.05, 4.69) is 31.2 Å². The number of phenolic OH excluding ortho intramolecular Hbond substituents is 3. The normalized spacial score (nSPS) is 16.9. The monoisotopic (exact) mass is 582 g/mol. The minimum Gasteiger partial charge on any atom is -0.508 e. The van der Waals surface area contributed by atoms with Crippen LogP contribution in [-0.2, 0) is 5.41 Å². The van der Waals surface area contributed by atoms with Gasteiger partial charge in [-0.25, -0.2) is 0 Å². The molecule has 2 aliphatic carbocycles. The zero-order valence-corrected chi connectivity index (χ0v) is 26.5. The molecule has 0 radical (unpaired) electrons. The van der Waals surface area contributed by atoms with E-state index >= 15 is 0 Å². The van der Waals surface area contributed by atoms with Crippen LogP contribution in [0, 0.1) is 0 Å². The largest absolute Gasteiger partial charge is 0.508 e. The van der Waals surface area contributed by atoms with Crippen molar-refractivity contribution < 1.29 is 15.3 Å². The first kappa shape index (κ1) is 31.5. The van der Waals surface area contributed by atoms with Crippen LogP contribution in [0.15, 0.2) is 60.7 Å². The van der Waals surface area contributed by atoms with Crippen molar-refractivity contribution in [2.75, 3.05) is 0 Å². The second-order valence-electron chi connectivity index (χ2n) is 13.5. The Morgan fingerprint density at radius 1 is 0.558 bits per heavy atom. The van der Waals surface area contributed by atoms with E-state index in [9.17, 15) is 15.3 Å². The van der Waals surface area contributed by atoms with Gasteiger partial charge >= 0.3 is 0 Å². The summed E-state index contributed by atoms with van der Waals surface area (Å²) in [4.78, 5) is 0. The third-order valence-corrected chi connectivity index (χ3v) is 10.6. The van der Waals surface area contributed by atoms with Crippen molar-refractivity contribution in [3.8, 4) is 17.2 Å². The van der Waals surface area contributed by atoms with Gasteiger partial charge in [0.05, 0.1) is 5.41 Å². The van der Waals surface area contributed by atoms with Crippen molar-refractivity contribution in [1.29, 1.82) is 0 Å². The van der Waals surface area contributed by atoms with Crippen LogP contribution in [-0.4, -0.2) is 15.3 Å². The summed E-state index contributed by atoms with van der Waals surface area (Å²) in [5, 5.41) is 33.8. The zero-order chi connectivity index (χ0) is 30.1. The van der Waals surface area contributed by atoms with E-state index in [4.69, 9.17) is 0 Å². The number of phenols is 3. The highest BCUT2D eigenvalue weighted by Gasteiger charge is 2.41. The van der Waals surface area contributed by atoms with Gasteiger partial charge in [-0.1, -0.05) is 127 Å². The lowest BCUT2D eigenvalue weighted by Crippen LogP contribution is -2.30. The fourth-order valence-corrected chi connectivity index (χ4v) is 8.13. The molecule has 0 saturated heterocycles. The maximum absolute atomic E-state index is 11.7. The van der Waals surface area contributed by atoms with Gasteiger partial charge in [0.15, 0.2) is 0 Å².